The lowest BCUT2D eigenvalue weighted by Crippen LogP contribution is -2.02. The molecule has 0 bridgehead atoms. The number of rotatable bonds is 2. The van der Waals surface area contributed by atoms with E-state index >= 15 is 0 Å². The molecule has 1 saturated carbocycles. The van der Waals surface area contributed by atoms with Crippen molar-refractivity contribution in [3.63, 3.8) is 0 Å². The minimum Gasteiger partial charge on any atom is -0.382 e. The van der Waals surface area contributed by atoms with Crippen molar-refractivity contribution < 1.29 is 0 Å². The Kier molecular flexibility index (Phi) is 2.09. The molecule has 0 saturated heterocycles. The summed E-state index contributed by atoms with van der Waals surface area (Å²) in [6.07, 6.45) is 2.65. The molecule has 0 aliphatic heterocycles. The maximum Gasteiger partial charge on any atom is 0.0383 e. The zero-order valence-electron chi connectivity index (χ0n) is 7.10. The van der Waals surface area contributed by atoms with E-state index in [1.54, 1.807) is 0 Å². The van der Waals surface area contributed by atoms with Crippen molar-refractivity contribution in [2.45, 2.75) is 25.8 Å². The quantitative estimate of drug-likeness (QED) is 0.815. The van der Waals surface area contributed by atoms with E-state index in [2.05, 4.69) is 46.4 Å². The number of nitrogens with one attached hydrogen (secondary N) is 1. The van der Waals surface area contributed by atoms with E-state index in [1.807, 2.05) is 0 Å². The predicted octanol–water partition coefficient (Wildman–Crippen LogP) is 3.33. The van der Waals surface area contributed by atoms with Crippen molar-refractivity contribution >= 4 is 21.6 Å². The van der Waals surface area contributed by atoms with Crippen molar-refractivity contribution in [2.75, 3.05) is 5.32 Å². The Labute approximate surface area is 81.3 Å². The third-order valence-electron chi connectivity index (χ3n) is 2.20. The van der Waals surface area contributed by atoms with Gasteiger partial charge in [-0.1, -0.05) is 22.0 Å². The van der Waals surface area contributed by atoms with Crippen LogP contribution in [0.4, 0.5) is 5.69 Å². The van der Waals surface area contributed by atoms with Gasteiger partial charge in [0.2, 0.25) is 0 Å². The maximum absolute atomic E-state index is 3.52. The normalized spacial score (nSPS) is 16.2. The minimum atomic E-state index is 0.734. The van der Waals surface area contributed by atoms with Gasteiger partial charge in [-0.15, -0.1) is 0 Å². The highest BCUT2D eigenvalue weighted by molar-refractivity contribution is 9.10. The minimum absolute atomic E-state index is 0.734. The van der Waals surface area contributed by atoms with Gasteiger partial charge in [-0.05, 0) is 37.5 Å². The lowest BCUT2D eigenvalue weighted by molar-refractivity contribution is 1.14. The van der Waals surface area contributed by atoms with Gasteiger partial charge in [-0.3, -0.25) is 0 Å². The van der Waals surface area contributed by atoms with Crippen molar-refractivity contribution in [3.8, 4) is 0 Å². The van der Waals surface area contributed by atoms with Crippen LogP contribution in [0.15, 0.2) is 22.7 Å². The van der Waals surface area contributed by atoms with Gasteiger partial charge in [-0.2, -0.15) is 0 Å². The Balaban J connectivity index is 2.23. The van der Waals surface area contributed by atoms with Crippen LogP contribution in [0.5, 0.6) is 0 Å². The van der Waals surface area contributed by atoms with Crippen LogP contribution in [0.25, 0.3) is 0 Å². The van der Waals surface area contributed by atoms with Gasteiger partial charge in [0, 0.05) is 16.2 Å². The molecule has 1 aliphatic carbocycles. The van der Waals surface area contributed by atoms with Crippen molar-refractivity contribution in [1.82, 2.24) is 0 Å². The first-order chi connectivity index (χ1) is 5.77. The fourth-order valence-corrected chi connectivity index (χ4v) is 1.58. The van der Waals surface area contributed by atoms with Gasteiger partial charge in [0.05, 0.1) is 0 Å². The van der Waals surface area contributed by atoms with E-state index in [9.17, 15) is 0 Å². The molecule has 0 unspecified atom stereocenters. The third-order valence-corrected chi connectivity index (χ3v) is 3.06. The molecule has 0 heterocycles. The highest BCUT2D eigenvalue weighted by Gasteiger charge is 2.21. The van der Waals surface area contributed by atoms with E-state index in [-0.39, 0.29) is 0 Å². The molecule has 0 amide bonds. The standard InChI is InChI=1S/C10H12BrN/c1-7-9(11)3-2-4-10(7)12-8-5-6-8/h2-4,8,12H,5-6H2,1H3. The summed E-state index contributed by atoms with van der Waals surface area (Å²) in [5.41, 5.74) is 2.58. The lowest BCUT2D eigenvalue weighted by Gasteiger charge is -2.08. The number of anilines is 1. The van der Waals surface area contributed by atoms with Crippen LogP contribution in [0.3, 0.4) is 0 Å². The van der Waals surface area contributed by atoms with E-state index in [0.29, 0.717) is 0 Å². The summed E-state index contributed by atoms with van der Waals surface area (Å²) in [6, 6.07) is 7.02. The number of hydrogen-bond donors (Lipinski definition) is 1. The lowest BCUT2D eigenvalue weighted by atomic mass is 10.2. The topological polar surface area (TPSA) is 12.0 Å². The van der Waals surface area contributed by atoms with Gasteiger partial charge >= 0.3 is 0 Å². The van der Waals surface area contributed by atoms with E-state index in [0.717, 1.165) is 6.04 Å². The molecule has 0 spiro atoms. The smallest absolute Gasteiger partial charge is 0.0383 e. The molecule has 0 aromatic heterocycles. The monoisotopic (exact) mass is 225 g/mol. The summed E-state index contributed by atoms with van der Waals surface area (Å²) < 4.78 is 1.19. The first-order valence-electron chi connectivity index (χ1n) is 4.29. The third kappa shape index (κ3) is 1.63. The second kappa shape index (κ2) is 3.09. The van der Waals surface area contributed by atoms with Crippen LogP contribution < -0.4 is 5.32 Å². The van der Waals surface area contributed by atoms with Gasteiger partial charge in [0.25, 0.3) is 0 Å². The Morgan fingerprint density at radius 3 is 2.83 bits per heavy atom. The molecule has 64 valence electrons. The fraction of sp³-hybridized carbons (Fsp3) is 0.400. The van der Waals surface area contributed by atoms with Crippen LogP contribution in [0.1, 0.15) is 18.4 Å². The molecule has 12 heavy (non-hydrogen) atoms. The molecule has 1 N–H and O–H groups in total. The molecule has 2 heteroatoms. The van der Waals surface area contributed by atoms with Gasteiger partial charge in [0.15, 0.2) is 0 Å². The summed E-state index contributed by atoms with van der Waals surface area (Å²) in [5, 5.41) is 3.49. The Morgan fingerprint density at radius 1 is 1.42 bits per heavy atom. The van der Waals surface area contributed by atoms with Gasteiger partial charge in [0.1, 0.15) is 0 Å². The summed E-state index contributed by atoms with van der Waals surface area (Å²) >= 11 is 3.52. The van der Waals surface area contributed by atoms with Crippen LogP contribution in [-0.4, -0.2) is 6.04 Å². The van der Waals surface area contributed by atoms with E-state index in [4.69, 9.17) is 0 Å². The van der Waals surface area contributed by atoms with Crippen molar-refractivity contribution in [2.24, 2.45) is 0 Å². The zero-order chi connectivity index (χ0) is 8.55. The molecular formula is C10H12BrN. The molecular weight excluding hydrogens is 214 g/mol. The van der Waals surface area contributed by atoms with Crippen LogP contribution >= 0.6 is 15.9 Å². The first-order valence-corrected chi connectivity index (χ1v) is 5.08. The Morgan fingerprint density at radius 2 is 2.17 bits per heavy atom. The summed E-state index contributed by atoms with van der Waals surface area (Å²) in [6.45, 7) is 2.13. The molecule has 1 nitrogen and oxygen atoms in total. The highest BCUT2D eigenvalue weighted by Crippen LogP contribution is 2.29. The second-order valence-corrected chi connectivity index (χ2v) is 4.19. The SMILES string of the molecule is Cc1c(Br)cccc1NC1CC1. The molecule has 0 atom stereocenters. The molecule has 1 aliphatic rings. The molecule has 1 aromatic carbocycles. The van der Waals surface area contributed by atoms with Crippen molar-refractivity contribution in [1.29, 1.82) is 0 Å². The zero-order valence-corrected chi connectivity index (χ0v) is 8.69. The van der Waals surface area contributed by atoms with E-state index < -0.39 is 0 Å². The van der Waals surface area contributed by atoms with Gasteiger partial charge < -0.3 is 5.32 Å². The summed E-state index contributed by atoms with van der Waals surface area (Å²) in [4.78, 5) is 0. The van der Waals surface area contributed by atoms with Crippen molar-refractivity contribution in [3.05, 3.63) is 28.2 Å². The molecule has 2 rings (SSSR count). The second-order valence-electron chi connectivity index (χ2n) is 3.33. The van der Waals surface area contributed by atoms with Crippen LogP contribution in [-0.2, 0) is 0 Å². The maximum atomic E-state index is 3.52. The number of hydrogen-bond acceptors (Lipinski definition) is 1. The molecule has 1 aromatic rings. The Bertz CT molecular complexity index is 292. The van der Waals surface area contributed by atoms with E-state index in [1.165, 1.54) is 28.6 Å². The first kappa shape index (κ1) is 8.11. The number of halogens is 1. The summed E-state index contributed by atoms with van der Waals surface area (Å²) in [7, 11) is 0. The molecule has 0 radical (unpaired) electrons. The van der Waals surface area contributed by atoms with Crippen LogP contribution in [0, 0.1) is 6.92 Å². The largest absolute Gasteiger partial charge is 0.382 e. The summed E-state index contributed by atoms with van der Waals surface area (Å²) in [5.74, 6) is 0. The predicted molar refractivity (Wildman–Crippen MR) is 55.5 cm³/mol. The molecule has 1 fully saturated rings. The highest BCUT2D eigenvalue weighted by atomic mass is 79.9. The fourth-order valence-electron chi connectivity index (χ4n) is 1.21. The Hall–Kier alpha value is -0.500. The number of benzene rings is 1. The average Bonchev–Trinajstić information content (AvgIpc) is 2.83. The van der Waals surface area contributed by atoms with Gasteiger partial charge in [-0.25, -0.2) is 0 Å². The van der Waals surface area contributed by atoms with Crippen LogP contribution in [0.2, 0.25) is 0 Å². The average molecular weight is 226 g/mol.